The number of nitrogens with zero attached hydrogens (tertiary/aromatic N) is 3. The molecule has 0 fully saturated rings. The summed E-state index contributed by atoms with van der Waals surface area (Å²) in [5.74, 6) is -1.43. The molecule has 3 heterocycles. The molecule has 0 spiro atoms. The SMILES string of the molecule is Cc1cc(C(=O)Nc2cccc(C(F)(F)F)n2)sc1[C@]1(C)CS(=O)(=O)N(C)C(N)=N1. The number of hydrogen-bond acceptors (Lipinski definition) is 7. The molecule has 0 radical (unpaired) electrons. The third-order valence-corrected chi connectivity index (χ3v) is 7.91. The Morgan fingerprint density at radius 2 is 2.03 bits per heavy atom. The molecule has 13 heteroatoms. The molecule has 0 unspecified atom stereocenters. The van der Waals surface area contributed by atoms with Gasteiger partial charge in [0, 0.05) is 11.9 Å². The average molecular weight is 461 g/mol. The molecule has 0 aromatic carbocycles. The van der Waals surface area contributed by atoms with Crippen molar-refractivity contribution in [3.8, 4) is 0 Å². The molecule has 2 aromatic heterocycles. The summed E-state index contributed by atoms with van der Waals surface area (Å²) >= 11 is 0.998. The third kappa shape index (κ3) is 4.12. The van der Waals surface area contributed by atoms with Crippen molar-refractivity contribution in [1.29, 1.82) is 0 Å². The number of amides is 1. The van der Waals surface area contributed by atoms with Gasteiger partial charge in [-0.1, -0.05) is 6.07 Å². The standard InChI is InChI=1S/C17H18F3N5O3S2/c1-9-7-10(14(26)23-12-6-4-5-11(22-12)17(18,19)20)29-13(9)16(2)8-30(27,28)25(3)15(21)24-16/h4-7H,8H2,1-3H3,(H2,21,24)(H,22,23,26)/t16-/m0/s1. The fourth-order valence-electron chi connectivity index (χ4n) is 3.04. The number of aryl methyl sites for hydroxylation is 1. The number of guanidine groups is 1. The van der Waals surface area contributed by atoms with E-state index < -0.39 is 33.3 Å². The second kappa shape index (κ2) is 7.23. The molecule has 0 saturated heterocycles. The van der Waals surface area contributed by atoms with Crippen LogP contribution in [-0.2, 0) is 21.7 Å². The lowest BCUT2D eigenvalue weighted by atomic mass is 10.0. The Morgan fingerprint density at radius 3 is 2.63 bits per heavy atom. The van der Waals surface area contributed by atoms with Crippen LogP contribution in [0.2, 0.25) is 0 Å². The zero-order valence-electron chi connectivity index (χ0n) is 16.1. The molecule has 0 saturated carbocycles. The maximum Gasteiger partial charge on any atom is 0.433 e. The van der Waals surface area contributed by atoms with E-state index in [1.807, 2.05) is 0 Å². The van der Waals surface area contributed by atoms with Gasteiger partial charge in [-0.25, -0.2) is 22.7 Å². The molecular weight excluding hydrogens is 443 g/mol. The molecule has 1 amide bonds. The van der Waals surface area contributed by atoms with Crippen LogP contribution in [0.4, 0.5) is 19.0 Å². The van der Waals surface area contributed by atoms with Gasteiger partial charge in [0.1, 0.15) is 17.1 Å². The molecule has 3 rings (SSSR count). The Labute approximate surface area is 174 Å². The maximum absolute atomic E-state index is 12.8. The van der Waals surface area contributed by atoms with Crippen LogP contribution < -0.4 is 11.1 Å². The summed E-state index contributed by atoms with van der Waals surface area (Å²) in [4.78, 5) is 21.0. The predicted octanol–water partition coefficient (Wildman–Crippen LogP) is 2.53. The molecule has 30 heavy (non-hydrogen) atoms. The smallest absolute Gasteiger partial charge is 0.369 e. The van der Waals surface area contributed by atoms with Crippen molar-refractivity contribution in [2.45, 2.75) is 25.6 Å². The van der Waals surface area contributed by atoms with E-state index in [1.165, 1.54) is 19.2 Å². The molecule has 1 atom stereocenters. The van der Waals surface area contributed by atoms with Crippen molar-refractivity contribution in [2.24, 2.45) is 10.7 Å². The van der Waals surface area contributed by atoms with Gasteiger partial charge in [0.25, 0.3) is 5.91 Å². The lowest BCUT2D eigenvalue weighted by molar-refractivity contribution is -0.141. The van der Waals surface area contributed by atoms with E-state index in [0.717, 1.165) is 27.8 Å². The highest BCUT2D eigenvalue weighted by atomic mass is 32.2. The van der Waals surface area contributed by atoms with E-state index in [-0.39, 0.29) is 22.4 Å². The number of hydrogen-bond donors (Lipinski definition) is 2. The highest BCUT2D eigenvalue weighted by molar-refractivity contribution is 7.89. The van der Waals surface area contributed by atoms with Crippen molar-refractivity contribution >= 4 is 39.0 Å². The minimum atomic E-state index is -4.64. The number of rotatable bonds is 3. The van der Waals surface area contributed by atoms with Gasteiger partial charge in [-0.15, -0.1) is 11.3 Å². The van der Waals surface area contributed by atoms with E-state index in [4.69, 9.17) is 5.73 Å². The molecule has 1 aliphatic rings. The summed E-state index contributed by atoms with van der Waals surface area (Å²) in [6.07, 6.45) is -4.64. The minimum Gasteiger partial charge on any atom is -0.369 e. The first kappa shape index (κ1) is 22.0. The van der Waals surface area contributed by atoms with Crippen LogP contribution in [-0.4, -0.2) is 42.4 Å². The molecule has 0 aliphatic carbocycles. The van der Waals surface area contributed by atoms with Gasteiger partial charge in [0.05, 0.1) is 10.6 Å². The van der Waals surface area contributed by atoms with Crippen molar-refractivity contribution in [1.82, 2.24) is 9.29 Å². The second-order valence-corrected chi connectivity index (χ2v) is 10.0. The van der Waals surface area contributed by atoms with Crippen LogP contribution in [0.5, 0.6) is 0 Å². The second-order valence-electron chi connectivity index (χ2n) is 6.95. The van der Waals surface area contributed by atoms with Gasteiger partial charge in [0.15, 0.2) is 0 Å². The zero-order chi connectivity index (χ0) is 22.5. The van der Waals surface area contributed by atoms with E-state index in [2.05, 4.69) is 15.3 Å². The molecule has 2 aromatic rings. The topological polar surface area (TPSA) is 118 Å². The number of alkyl halides is 3. The number of carbonyl (C=O) groups excluding carboxylic acids is 1. The molecule has 8 nitrogen and oxygen atoms in total. The summed E-state index contributed by atoms with van der Waals surface area (Å²) in [7, 11) is -2.39. The summed E-state index contributed by atoms with van der Waals surface area (Å²) in [6.45, 7) is 3.28. The van der Waals surface area contributed by atoms with E-state index >= 15 is 0 Å². The Bertz CT molecular complexity index is 1140. The number of anilines is 1. The maximum atomic E-state index is 12.8. The van der Waals surface area contributed by atoms with Crippen LogP contribution in [0.15, 0.2) is 29.3 Å². The van der Waals surface area contributed by atoms with Crippen molar-refractivity contribution < 1.29 is 26.4 Å². The van der Waals surface area contributed by atoms with Gasteiger partial charge >= 0.3 is 6.18 Å². The fraction of sp³-hybridized carbons (Fsp3) is 0.353. The quantitative estimate of drug-likeness (QED) is 0.728. The first-order valence-electron chi connectivity index (χ1n) is 8.51. The van der Waals surface area contributed by atoms with Crippen LogP contribution in [0.1, 0.15) is 32.7 Å². The largest absolute Gasteiger partial charge is 0.433 e. The number of thiophene rings is 1. The number of sulfonamides is 1. The normalized spacial score (nSPS) is 21.3. The van der Waals surface area contributed by atoms with Gasteiger partial charge in [-0.05, 0) is 37.6 Å². The van der Waals surface area contributed by atoms with Gasteiger partial charge in [0.2, 0.25) is 16.0 Å². The van der Waals surface area contributed by atoms with Crippen LogP contribution in [0.3, 0.4) is 0 Å². The highest BCUT2D eigenvalue weighted by Gasteiger charge is 2.42. The molecule has 162 valence electrons. The molecule has 0 bridgehead atoms. The number of aromatic nitrogens is 1. The van der Waals surface area contributed by atoms with Gasteiger partial charge < -0.3 is 11.1 Å². The van der Waals surface area contributed by atoms with E-state index in [9.17, 15) is 26.4 Å². The highest BCUT2D eigenvalue weighted by Crippen LogP contribution is 2.39. The van der Waals surface area contributed by atoms with Crippen molar-refractivity contribution in [2.75, 3.05) is 18.1 Å². The average Bonchev–Trinajstić information content (AvgIpc) is 3.02. The molecule has 3 N–H and O–H groups in total. The summed E-state index contributed by atoms with van der Waals surface area (Å²) in [5.41, 5.74) is 4.04. The lowest BCUT2D eigenvalue weighted by Gasteiger charge is -2.34. The third-order valence-electron chi connectivity index (χ3n) is 4.48. The van der Waals surface area contributed by atoms with E-state index in [0.29, 0.717) is 10.4 Å². The Morgan fingerprint density at radius 1 is 1.37 bits per heavy atom. The monoisotopic (exact) mass is 461 g/mol. The Kier molecular flexibility index (Phi) is 5.31. The number of aliphatic imine (C=N–C) groups is 1. The zero-order valence-corrected chi connectivity index (χ0v) is 17.7. The number of nitrogens with two attached hydrogens (primary N) is 1. The summed E-state index contributed by atoms with van der Waals surface area (Å²) < 4.78 is 64.1. The number of halogens is 3. The molecular formula is C17H18F3N5O3S2. The Balaban J connectivity index is 1.91. The molecule has 1 aliphatic heterocycles. The number of carbonyl (C=O) groups is 1. The van der Waals surface area contributed by atoms with Gasteiger partial charge in [-0.3, -0.25) is 4.79 Å². The van der Waals surface area contributed by atoms with Crippen molar-refractivity contribution in [3.63, 3.8) is 0 Å². The first-order valence-corrected chi connectivity index (χ1v) is 10.9. The van der Waals surface area contributed by atoms with Gasteiger partial charge in [-0.2, -0.15) is 13.2 Å². The Hall–Kier alpha value is -2.67. The van der Waals surface area contributed by atoms with Crippen molar-refractivity contribution in [3.05, 3.63) is 45.3 Å². The van der Waals surface area contributed by atoms with E-state index in [1.54, 1.807) is 13.8 Å². The lowest BCUT2D eigenvalue weighted by Crippen LogP contribution is -2.50. The van der Waals surface area contributed by atoms with Crippen LogP contribution in [0, 0.1) is 6.92 Å². The minimum absolute atomic E-state index is 0.171. The first-order chi connectivity index (χ1) is 13.7. The predicted molar refractivity (Wildman–Crippen MR) is 107 cm³/mol. The van der Waals surface area contributed by atoms with Crippen LogP contribution >= 0.6 is 11.3 Å². The van der Waals surface area contributed by atoms with Crippen LogP contribution in [0.25, 0.3) is 0 Å². The number of nitrogens with one attached hydrogen (secondary N) is 1. The summed E-state index contributed by atoms with van der Waals surface area (Å²) in [6, 6.07) is 4.69. The summed E-state index contributed by atoms with van der Waals surface area (Å²) in [5, 5.41) is 2.33. The number of pyridine rings is 1. The fourth-order valence-corrected chi connectivity index (χ4v) is 5.72.